The molecular weight excluding hydrogens is 346 g/mol. The van der Waals surface area contributed by atoms with Gasteiger partial charge in [-0.1, -0.05) is 18.2 Å². The number of hydrogen-bond acceptors (Lipinski definition) is 5. The van der Waals surface area contributed by atoms with Gasteiger partial charge < -0.3 is 9.32 Å². The molecule has 0 bridgehead atoms. The van der Waals surface area contributed by atoms with Gasteiger partial charge in [0.25, 0.3) is 5.91 Å². The van der Waals surface area contributed by atoms with E-state index in [1.807, 2.05) is 48.5 Å². The lowest BCUT2D eigenvalue weighted by atomic mass is 10.1. The Morgan fingerprint density at radius 1 is 1.23 bits per heavy atom. The molecule has 1 atom stereocenters. The van der Waals surface area contributed by atoms with Crippen LogP contribution in [0.3, 0.4) is 0 Å². The highest BCUT2D eigenvalue weighted by Gasteiger charge is 2.29. The number of carbonyl (C=O) groups excluding carboxylic acids is 1. The van der Waals surface area contributed by atoms with Crippen molar-refractivity contribution in [3.8, 4) is 0 Å². The molecule has 0 aliphatic carbocycles. The van der Waals surface area contributed by atoms with Crippen molar-refractivity contribution in [1.29, 1.82) is 0 Å². The van der Waals surface area contributed by atoms with Crippen LogP contribution < -0.4 is 0 Å². The van der Waals surface area contributed by atoms with Crippen LogP contribution in [0.5, 0.6) is 0 Å². The number of fused-ring (bicyclic) bond motifs is 1. The second-order valence-electron chi connectivity index (χ2n) is 6.88. The Hall–Kier alpha value is -2.18. The molecular formula is C20H23N3O2S. The molecule has 1 saturated heterocycles. The van der Waals surface area contributed by atoms with Gasteiger partial charge in [-0.15, -0.1) is 11.3 Å². The van der Waals surface area contributed by atoms with E-state index in [0.717, 1.165) is 40.2 Å². The number of benzene rings is 1. The van der Waals surface area contributed by atoms with Crippen molar-refractivity contribution in [2.24, 2.45) is 0 Å². The standard InChI is InChI=1S/C20H23N3O2S/c1-13-5-4-6-16-14(2)18(25-17(13)16)20(24)23-10-8-22(9-11-23)15(3)19-21-7-12-26-19/h4-7,12,15H,8-11H2,1-3H3. The lowest BCUT2D eigenvalue weighted by Gasteiger charge is -2.37. The summed E-state index contributed by atoms with van der Waals surface area (Å²) in [5, 5.41) is 4.18. The molecule has 4 rings (SSSR count). The molecule has 1 aromatic carbocycles. The maximum Gasteiger partial charge on any atom is 0.289 e. The van der Waals surface area contributed by atoms with Crippen LogP contribution in [0.4, 0.5) is 0 Å². The van der Waals surface area contributed by atoms with E-state index in [-0.39, 0.29) is 5.91 Å². The lowest BCUT2D eigenvalue weighted by molar-refractivity contribution is 0.0554. The van der Waals surface area contributed by atoms with Gasteiger partial charge in [0.2, 0.25) is 0 Å². The molecule has 1 aliphatic heterocycles. The van der Waals surface area contributed by atoms with Gasteiger partial charge in [-0.3, -0.25) is 9.69 Å². The average molecular weight is 369 g/mol. The first kappa shape index (κ1) is 17.2. The SMILES string of the molecule is Cc1c(C(=O)N2CCN(C(C)c3nccs3)CC2)oc2c(C)cccc12. The third-order valence-electron chi connectivity index (χ3n) is 5.31. The molecule has 0 spiro atoms. The van der Waals surface area contributed by atoms with Crippen LogP contribution in [-0.4, -0.2) is 46.9 Å². The normalized spacial score (nSPS) is 17.0. The van der Waals surface area contributed by atoms with Gasteiger partial charge in [0.05, 0.1) is 6.04 Å². The van der Waals surface area contributed by atoms with Crippen molar-refractivity contribution in [2.75, 3.05) is 26.2 Å². The molecule has 1 fully saturated rings. The summed E-state index contributed by atoms with van der Waals surface area (Å²) in [7, 11) is 0. The molecule has 2 aromatic heterocycles. The van der Waals surface area contributed by atoms with Crippen LogP contribution in [0.15, 0.2) is 34.2 Å². The zero-order valence-corrected chi connectivity index (χ0v) is 16.2. The van der Waals surface area contributed by atoms with Gasteiger partial charge >= 0.3 is 0 Å². The van der Waals surface area contributed by atoms with Crippen molar-refractivity contribution < 1.29 is 9.21 Å². The summed E-state index contributed by atoms with van der Waals surface area (Å²) in [6.45, 7) is 9.30. The topological polar surface area (TPSA) is 49.6 Å². The Labute approximate surface area is 157 Å². The lowest BCUT2D eigenvalue weighted by Crippen LogP contribution is -2.49. The summed E-state index contributed by atoms with van der Waals surface area (Å²) in [4.78, 5) is 21.7. The van der Waals surface area contributed by atoms with E-state index in [1.54, 1.807) is 11.3 Å². The van der Waals surface area contributed by atoms with Crippen LogP contribution >= 0.6 is 11.3 Å². The predicted octanol–water partition coefficient (Wildman–Crippen LogP) is 4.03. The predicted molar refractivity (Wildman–Crippen MR) is 104 cm³/mol. The van der Waals surface area contributed by atoms with Gasteiger partial charge in [-0.05, 0) is 26.3 Å². The van der Waals surface area contributed by atoms with E-state index < -0.39 is 0 Å². The smallest absolute Gasteiger partial charge is 0.289 e. The van der Waals surface area contributed by atoms with Crippen LogP contribution in [0.25, 0.3) is 11.0 Å². The number of hydrogen-bond donors (Lipinski definition) is 0. The number of para-hydroxylation sites is 1. The Morgan fingerprint density at radius 3 is 2.65 bits per heavy atom. The molecule has 26 heavy (non-hydrogen) atoms. The first-order valence-electron chi connectivity index (χ1n) is 8.97. The van der Waals surface area contributed by atoms with Crippen LogP contribution in [0.1, 0.15) is 39.7 Å². The molecule has 5 nitrogen and oxygen atoms in total. The minimum atomic E-state index is -0.000323. The first-order valence-corrected chi connectivity index (χ1v) is 9.85. The van der Waals surface area contributed by atoms with Gasteiger partial charge in [0.15, 0.2) is 5.76 Å². The zero-order valence-electron chi connectivity index (χ0n) is 15.4. The summed E-state index contributed by atoms with van der Waals surface area (Å²) in [5.74, 6) is 0.482. The number of piperazine rings is 1. The third-order valence-corrected chi connectivity index (χ3v) is 6.26. The van der Waals surface area contributed by atoms with E-state index in [2.05, 4.69) is 16.8 Å². The van der Waals surface area contributed by atoms with Gasteiger partial charge in [-0.2, -0.15) is 0 Å². The van der Waals surface area contributed by atoms with E-state index in [0.29, 0.717) is 24.9 Å². The fraction of sp³-hybridized carbons (Fsp3) is 0.400. The van der Waals surface area contributed by atoms with E-state index in [9.17, 15) is 4.79 Å². The Morgan fingerprint density at radius 2 is 2.00 bits per heavy atom. The van der Waals surface area contributed by atoms with Crippen molar-refractivity contribution in [3.63, 3.8) is 0 Å². The molecule has 3 heterocycles. The van der Waals surface area contributed by atoms with Crippen molar-refractivity contribution in [3.05, 3.63) is 51.7 Å². The summed E-state index contributed by atoms with van der Waals surface area (Å²) in [5.41, 5.74) is 2.82. The fourth-order valence-corrected chi connectivity index (χ4v) is 4.37. The van der Waals surface area contributed by atoms with E-state index in [1.165, 1.54) is 0 Å². The Balaban J connectivity index is 1.49. The minimum absolute atomic E-state index is 0.000323. The Bertz CT molecular complexity index is 924. The van der Waals surface area contributed by atoms with Crippen LogP contribution in [0, 0.1) is 13.8 Å². The molecule has 1 amide bonds. The van der Waals surface area contributed by atoms with Crippen LogP contribution in [-0.2, 0) is 0 Å². The van der Waals surface area contributed by atoms with E-state index in [4.69, 9.17) is 4.42 Å². The first-order chi connectivity index (χ1) is 12.6. The molecule has 0 N–H and O–H groups in total. The number of furan rings is 1. The maximum absolute atomic E-state index is 13.0. The van der Waals surface area contributed by atoms with Gasteiger partial charge in [-0.25, -0.2) is 4.98 Å². The monoisotopic (exact) mass is 369 g/mol. The Kier molecular flexibility index (Phi) is 4.54. The molecule has 0 saturated carbocycles. The summed E-state index contributed by atoms with van der Waals surface area (Å²) < 4.78 is 5.96. The van der Waals surface area contributed by atoms with Gasteiger partial charge in [0, 0.05) is 48.7 Å². The highest BCUT2D eigenvalue weighted by Crippen LogP contribution is 2.29. The number of aryl methyl sites for hydroxylation is 2. The number of carbonyl (C=O) groups is 1. The van der Waals surface area contributed by atoms with Crippen molar-refractivity contribution in [2.45, 2.75) is 26.8 Å². The summed E-state index contributed by atoms with van der Waals surface area (Å²) in [6.07, 6.45) is 1.85. The highest BCUT2D eigenvalue weighted by molar-refractivity contribution is 7.09. The minimum Gasteiger partial charge on any atom is -0.450 e. The quantitative estimate of drug-likeness (QED) is 0.699. The van der Waals surface area contributed by atoms with Gasteiger partial charge in [0.1, 0.15) is 10.6 Å². The number of nitrogens with zero attached hydrogens (tertiary/aromatic N) is 3. The van der Waals surface area contributed by atoms with Crippen LogP contribution in [0.2, 0.25) is 0 Å². The maximum atomic E-state index is 13.0. The number of amides is 1. The molecule has 3 aromatic rings. The van der Waals surface area contributed by atoms with Crippen molar-refractivity contribution >= 4 is 28.2 Å². The summed E-state index contributed by atoms with van der Waals surface area (Å²) >= 11 is 1.69. The molecule has 6 heteroatoms. The molecule has 1 aliphatic rings. The van der Waals surface area contributed by atoms with E-state index >= 15 is 0 Å². The largest absolute Gasteiger partial charge is 0.450 e. The van der Waals surface area contributed by atoms with Crippen molar-refractivity contribution in [1.82, 2.24) is 14.8 Å². The molecule has 136 valence electrons. The summed E-state index contributed by atoms with van der Waals surface area (Å²) in [6, 6.07) is 6.33. The zero-order chi connectivity index (χ0) is 18.3. The highest BCUT2D eigenvalue weighted by atomic mass is 32.1. The molecule has 1 unspecified atom stereocenters. The second kappa shape index (κ2) is 6.85. The third kappa shape index (κ3) is 2.93. The number of thiazole rings is 1. The second-order valence-corrected chi connectivity index (χ2v) is 7.81. The molecule has 0 radical (unpaired) electrons. The number of rotatable bonds is 3. The average Bonchev–Trinajstić information content (AvgIpc) is 3.30. The number of aromatic nitrogens is 1. The fourth-order valence-electron chi connectivity index (χ4n) is 3.64.